The van der Waals surface area contributed by atoms with Crippen molar-refractivity contribution >= 4 is 43.6 Å². The minimum absolute atomic E-state index is 1.17. The molecule has 0 heterocycles. The van der Waals surface area contributed by atoms with Gasteiger partial charge in [-0.25, -0.2) is 0 Å². The van der Waals surface area contributed by atoms with Crippen LogP contribution in [0.5, 0.6) is 0 Å². The van der Waals surface area contributed by atoms with Gasteiger partial charge in [0.25, 0.3) is 0 Å². The van der Waals surface area contributed by atoms with Crippen molar-refractivity contribution in [3.63, 3.8) is 0 Å². The Bertz CT molecular complexity index is 1010. The van der Waals surface area contributed by atoms with Gasteiger partial charge in [0.15, 0.2) is 0 Å². The van der Waals surface area contributed by atoms with Gasteiger partial charge in [-0.2, -0.15) is 0 Å². The van der Waals surface area contributed by atoms with Crippen molar-refractivity contribution < 1.29 is 0 Å². The van der Waals surface area contributed by atoms with Crippen molar-refractivity contribution in [3.8, 4) is 22.9 Å². The quantitative estimate of drug-likeness (QED) is 0.263. The Balaban J connectivity index is 2.49. The maximum absolute atomic E-state index is 3.94. The summed E-state index contributed by atoms with van der Waals surface area (Å²) in [6, 6.07) is 21.2. The standard InChI is InChI=1S/C28H46Si6/c1-29(2,25-23-27-19-15-13-16-20-27)31(5,6)33(9,10)34(11,12)32(7,8)30(3,4)26-24-28-21-17-14-18-22-28/h13-22H,1-12H3. The Morgan fingerprint density at radius 1 is 0.382 bits per heavy atom. The van der Waals surface area contributed by atoms with Crippen LogP contribution in [0.25, 0.3) is 0 Å². The number of benzene rings is 2. The van der Waals surface area contributed by atoms with Crippen LogP contribution in [-0.2, 0) is 0 Å². The van der Waals surface area contributed by atoms with E-state index in [-0.39, 0.29) is 0 Å². The van der Waals surface area contributed by atoms with Crippen molar-refractivity contribution in [1.82, 2.24) is 0 Å². The average Bonchev–Trinajstić information content (AvgIpc) is 2.77. The molecule has 2 rings (SSSR count). The van der Waals surface area contributed by atoms with Crippen LogP contribution in [0.2, 0.25) is 78.6 Å². The summed E-state index contributed by atoms with van der Waals surface area (Å²) in [7, 11) is -9.52. The van der Waals surface area contributed by atoms with E-state index >= 15 is 0 Å². The second kappa shape index (κ2) is 10.1. The smallest absolute Gasteiger partial charge is 0.121 e. The Morgan fingerprint density at radius 3 is 0.912 bits per heavy atom. The molecule has 0 unspecified atom stereocenters. The Hall–Kier alpha value is -1.14. The molecule has 0 aliphatic carbocycles. The molecule has 0 fully saturated rings. The molecule has 0 aromatic heterocycles. The first kappa shape index (κ1) is 29.1. The number of rotatable bonds is 5. The van der Waals surface area contributed by atoms with Crippen LogP contribution in [-0.4, -0.2) is 43.6 Å². The SMILES string of the molecule is C[Si](C)(C#Cc1ccccc1)[Si](C)(C)[Si](C)(C)[Si](C)(C)[Si](C)(C)[Si](C)(C)C#Cc1ccccc1. The Morgan fingerprint density at radius 2 is 0.647 bits per heavy atom. The lowest BCUT2D eigenvalue weighted by molar-refractivity contribution is 1.65. The fraction of sp³-hybridized carbons (Fsp3) is 0.429. The molecule has 0 aliphatic rings. The van der Waals surface area contributed by atoms with Gasteiger partial charge in [0, 0.05) is 39.6 Å². The topological polar surface area (TPSA) is 0 Å². The molecule has 0 atom stereocenters. The van der Waals surface area contributed by atoms with E-state index in [9.17, 15) is 0 Å². The van der Waals surface area contributed by atoms with Crippen LogP contribution in [0.4, 0.5) is 0 Å². The van der Waals surface area contributed by atoms with Crippen LogP contribution in [0.1, 0.15) is 11.1 Å². The van der Waals surface area contributed by atoms with E-state index in [2.05, 4.69) is 162 Å². The number of hydrogen-bond donors (Lipinski definition) is 0. The van der Waals surface area contributed by atoms with Gasteiger partial charge in [-0.1, -0.05) is 127 Å². The summed E-state index contributed by atoms with van der Waals surface area (Å²) in [5.41, 5.74) is 10.2. The lowest BCUT2D eigenvalue weighted by atomic mass is 10.2. The van der Waals surface area contributed by atoms with Crippen LogP contribution in [0.3, 0.4) is 0 Å². The minimum atomic E-state index is -1.69. The van der Waals surface area contributed by atoms with E-state index in [0.717, 1.165) is 0 Å². The molecule has 2 aromatic rings. The summed E-state index contributed by atoms with van der Waals surface area (Å²) in [5, 5.41) is 0. The molecule has 0 amide bonds. The highest BCUT2D eigenvalue weighted by atomic mass is 30.0. The van der Waals surface area contributed by atoms with E-state index in [4.69, 9.17) is 0 Å². The van der Waals surface area contributed by atoms with Crippen molar-refractivity contribution in [1.29, 1.82) is 0 Å². The molecular weight excluding hydrogens is 505 g/mol. The maximum atomic E-state index is 3.94. The van der Waals surface area contributed by atoms with Gasteiger partial charge in [-0.05, 0) is 24.3 Å². The zero-order valence-electron chi connectivity index (χ0n) is 23.8. The van der Waals surface area contributed by atoms with Gasteiger partial charge in [-0.3, -0.25) is 0 Å². The fourth-order valence-corrected chi connectivity index (χ4v) is 148. The Labute approximate surface area is 216 Å². The molecule has 0 aliphatic heterocycles. The van der Waals surface area contributed by atoms with Crippen LogP contribution in [0, 0.1) is 22.9 Å². The van der Waals surface area contributed by atoms with Crippen LogP contribution in [0.15, 0.2) is 60.7 Å². The van der Waals surface area contributed by atoms with Crippen LogP contribution >= 0.6 is 0 Å². The third-order valence-electron chi connectivity index (χ3n) is 10.4. The number of hydrogen-bond acceptors (Lipinski definition) is 0. The molecule has 0 radical (unpaired) electrons. The third kappa shape index (κ3) is 5.33. The molecule has 0 bridgehead atoms. The zero-order valence-corrected chi connectivity index (χ0v) is 29.8. The monoisotopic (exact) mass is 550 g/mol. The third-order valence-corrected chi connectivity index (χ3v) is 127. The van der Waals surface area contributed by atoms with Gasteiger partial charge in [0.1, 0.15) is 15.2 Å². The summed E-state index contributed by atoms with van der Waals surface area (Å²) in [6.07, 6.45) is 0. The molecule has 0 N–H and O–H groups in total. The molecule has 0 saturated heterocycles. The van der Waals surface area contributed by atoms with E-state index in [1.54, 1.807) is 0 Å². The van der Waals surface area contributed by atoms with E-state index in [0.29, 0.717) is 0 Å². The molecule has 2 aromatic carbocycles. The van der Waals surface area contributed by atoms with Crippen molar-refractivity contribution in [2.24, 2.45) is 0 Å². The predicted octanol–water partition coefficient (Wildman–Crippen LogP) is 7.81. The zero-order chi connectivity index (χ0) is 26.1. The molecule has 34 heavy (non-hydrogen) atoms. The largest absolute Gasteiger partial charge is 0.130 e. The van der Waals surface area contributed by atoms with E-state index < -0.39 is 43.6 Å². The van der Waals surface area contributed by atoms with Crippen molar-refractivity contribution in [2.75, 3.05) is 0 Å². The average molecular weight is 551 g/mol. The highest BCUT2D eigenvalue weighted by Gasteiger charge is 2.66. The normalized spacial score (nSPS) is 13.4. The molecule has 0 saturated carbocycles. The van der Waals surface area contributed by atoms with Crippen molar-refractivity contribution in [3.05, 3.63) is 71.8 Å². The second-order valence-electron chi connectivity index (χ2n) is 13.0. The molecule has 0 nitrogen and oxygen atoms in total. The Kier molecular flexibility index (Phi) is 8.63. The first-order valence-electron chi connectivity index (χ1n) is 12.6. The summed E-state index contributed by atoms with van der Waals surface area (Å²) >= 11 is 0. The molecular formula is C28H46Si6. The maximum Gasteiger partial charge on any atom is 0.121 e. The van der Waals surface area contributed by atoms with Gasteiger partial charge >= 0.3 is 0 Å². The van der Waals surface area contributed by atoms with E-state index in [1.165, 1.54) is 11.1 Å². The second-order valence-corrected chi connectivity index (χ2v) is 76.5. The molecule has 6 heteroatoms. The fourth-order valence-electron chi connectivity index (χ4n) is 4.94. The van der Waals surface area contributed by atoms with Crippen LogP contribution < -0.4 is 0 Å². The van der Waals surface area contributed by atoms with Gasteiger partial charge < -0.3 is 0 Å². The first-order chi connectivity index (χ1) is 15.4. The minimum Gasteiger partial charge on any atom is -0.130 e. The predicted molar refractivity (Wildman–Crippen MR) is 172 cm³/mol. The summed E-state index contributed by atoms with van der Waals surface area (Å²) in [6.45, 7) is 32.4. The van der Waals surface area contributed by atoms with Crippen molar-refractivity contribution in [2.45, 2.75) is 78.6 Å². The van der Waals surface area contributed by atoms with E-state index in [1.807, 2.05) is 0 Å². The highest BCUT2D eigenvalue weighted by molar-refractivity contribution is 7.97. The van der Waals surface area contributed by atoms with Gasteiger partial charge in [0.2, 0.25) is 0 Å². The summed E-state index contributed by atoms with van der Waals surface area (Å²) < 4.78 is 0. The summed E-state index contributed by atoms with van der Waals surface area (Å²) in [5.74, 6) is 7.21. The highest BCUT2D eigenvalue weighted by Crippen LogP contribution is 2.41. The summed E-state index contributed by atoms with van der Waals surface area (Å²) in [4.78, 5) is 0. The van der Waals surface area contributed by atoms with Gasteiger partial charge in [0.05, 0.1) is 0 Å². The molecule has 182 valence electrons. The first-order valence-corrected chi connectivity index (χ1v) is 35.6. The lowest BCUT2D eigenvalue weighted by Gasteiger charge is -2.60. The molecule has 0 spiro atoms. The van der Waals surface area contributed by atoms with Gasteiger partial charge in [-0.15, -0.1) is 11.1 Å². The lowest BCUT2D eigenvalue weighted by Crippen LogP contribution is -2.88.